The van der Waals surface area contributed by atoms with Gasteiger partial charge in [0.25, 0.3) is 0 Å². The van der Waals surface area contributed by atoms with Gasteiger partial charge in [0, 0.05) is 30.7 Å². The molecule has 0 bridgehead atoms. The Hall–Kier alpha value is -0.980. The lowest BCUT2D eigenvalue weighted by atomic mass is 9.94. The van der Waals surface area contributed by atoms with Crippen molar-refractivity contribution in [1.82, 2.24) is 15.2 Å². The summed E-state index contributed by atoms with van der Waals surface area (Å²) in [5.41, 5.74) is 0. The maximum Gasteiger partial charge on any atom is 0.240 e. The molecule has 6 heteroatoms. The summed E-state index contributed by atoms with van der Waals surface area (Å²) < 4.78 is 0. The number of rotatable bonds is 3. The van der Waals surface area contributed by atoms with Gasteiger partial charge in [-0.05, 0) is 25.3 Å². The van der Waals surface area contributed by atoms with Gasteiger partial charge in [-0.3, -0.25) is 9.69 Å². The number of likely N-dealkylation sites (tertiary alicyclic amines) is 1. The summed E-state index contributed by atoms with van der Waals surface area (Å²) in [6.07, 6.45) is 4.26. The number of nitrogens with one attached hydrogen (secondary N) is 2. The first-order chi connectivity index (χ1) is 8.81. The number of anilines is 1. The minimum Gasteiger partial charge on any atom is -0.312 e. The molecular formula is C12H18N4OS. The smallest absolute Gasteiger partial charge is 0.240 e. The number of aromatic nitrogens is 1. The van der Waals surface area contributed by atoms with E-state index in [9.17, 15) is 4.79 Å². The Labute approximate surface area is 111 Å². The second-order valence-corrected chi connectivity index (χ2v) is 5.94. The molecule has 2 unspecified atom stereocenters. The lowest BCUT2D eigenvalue weighted by molar-refractivity contribution is -0.117. The number of amides is 1. The number of carbonyl (C=O) groups excluding carboxylic acids is 1. The van der Waals surface area contributed by atoms with Crippen molar-refractivity contribution < 1.29 is 4.79 Å². The molecule has 3 rings (SSSR count). The van der Waals surface area contributed by atoms with Gasteiger partial charge in [0.15, 0.2) is 5.13 Å². The van der Waals surface area contributed by atoms with Gasteiger partial charge in [0.05, 0.1) is 6.54 Å². The Balaban J connectivity index is 1.50. The highest BCUT2D eigenvalue weighted by Gasteiger charge is 2.34. The van der Waals surface area contributed by atoms with Crippen LogP contribution in [-0.4, -0.2) is 48.0 Å². The highest BCUT2D eigenvalue weighted by Crippen LogP contribution is 2.24. The number of fused-ring (bicyclic) bond motifs is 1. The Morgan fingerprint density at radius 2 is 2.56 bits per heavy atom. The quantitative estimate of drug-likeness (QED) is 0.848. The molecule has 1 aromatic rings. The van der Waals surface area contributed by atoms with E-state index in [4.69, 9.17) is 0 Å². The average molecular weight is 266 g/mol. The summed E-state index contributed by atoms with van der Waals surface area (Å²) >= 11 is 1.46. The number of hydrogen-bond donors (Lipinski definition) is 2. The molecule has 1 amide bonds. The van der Waals surface area contributed by atoms with E-state index in [0.717, 1.165) is 25.6 Å². The molecule has 0 aliphatic carbocycles. The van der Waals surface area contributed by atoms with Crippen LogP contribution < -0.4 is 10.6 Å². The number of thiazole rings is 1. The van der Waals surface area contributed by atoms with E-state index in [0.29, 0.717) is 17.7 Å². The van der Waals surface area contributed by atoms with Crippen LogP contribution in [0.2, 0.25) is 0 Å². The first-order valence-electron chi connectivity index (χ1n) is 6.46. The molecule has 0 saturated carbocycles. The van der Waals surface area contributed by atoms with Crippen LogP contribution >= 0.6 is 11.3 Å². The van der Waals surface area contributed by atoms with Crippen molar-refractivity contribution in [2.75, 3.05) is 31.5 Å². The normalized spacial score (nSPS) is 28.0. The maximum atomic E-state index is 11.9. The van der Waals surface area contributed by atoms with Gasteiger partial charge in [-0.2, -0.15) is 0 Å². The Bertz CT molecular complexity index is 394. The molecular weight excluding hydrogens is 248 g/mol. The van der Waals surface area contributed by atoms with Crippen LogP contribution in [0.3, 0.4) is 0 Å². The number of carbonyl (C=O) groups is 1. The van der Waals surface area contributed by atoms with E-state index >= 15 is 0 Å². The number of hydrogen-bond acceptors (Lipinski definition) is 5. The van der Waals surface area contributed by atoms with Crippen molar-refractivity contribution >= 4 is 22.4 Å². The van der Waals surface area contributed by atoms with Crippen LogP contribution in [0, 0.1) is 5.92 Å². The summed E-state index contributed by atoms with van der Waals surface area (Å²) in [6.45, 7) is 3.65. The van der Waals surface area contributed by atoms with Crippen molar-refractivity contribution in [3.8, 4) is 0 Å². The zero-order valence-electron chi connectivity index (χ0n) is 10.3. The molecule has 5 nitrogen and oxygen atoms in total. The van der Waals surface area contributed by atoms with Crippen molar-refractivity contribution in [3.63, 3.8) is 0 Å². The van der Waals surface area contributed by atoms with Gasteiger partial charge in [0.2, 0.25) is 5.91 Å². The largest absolute Gasteiger partial charge is 0.312 e. The fourth-order valence-corrected chi connectivity index (χ4v) is 3.46. The van der Waals surface area contributed by atoms with Crippen LogP contribution in [0.15, 0.2) is 11.6 Å². The molecule has 2 atom stereocenters. The Morgan fingerprint density at radius 3 is 3.33 bits per heavy atom. The van der Waals surface area contributed by atoms with E-state index in [2.05, 4.69) is 20.5 Å². The third kappa shape index (κ3) is 2.71. The van der Waals surface area contributed by atoms with Crippen molar-refractivity contribution in [2.45, 2.75) is 18.9 Å². The molecule has 2 N–H and O–H groups in total. The van der Waals surface area contributed by atoms with Gasteiger partial charge in [-0.25, -0.2) is 4.98 Å². The molecule has 2 fully saturated rings. The highest BCUT2D eigenvalue weighted by atomic mass is 32.1. The summed E-state index contributed by atoms with van der Waals surface area (Å²) in [7, 11) is 0. The SMILES string of the molecule is O=C(CN1CC2CCCNC2C1)Nc1nccs1. The van der Waals surface area contributed by atoms with Crippen LogP contribution in [0.4, 0.5) is 5.13 Å². The first-order valence-corrected chi connectivity index (χ1v) is 7.34. The third-order valence-corrected chi connectivity index (χ3v) is 4.41. The molecule has 3 heterocycles. The predicted octanol–water partition coefficient (Wildman–Crippen LogP) is 0.765. The fourth-order valence-electron chi connectivity index (χ4n) is 2.91. The lowest BCUT2D eigenvalue weighted by Crippen LogP contribution is -2.41. The monoisotopic (exact) mass is 266 g/mol. The van der Waals surface area contributed by atoms with Crippen molar-refractivity contribution in [3.05, 3.63) is 11.6 Å². The molecule has 0 spiro atoms. The molecule has 0 aromatic carbocycles. The molecule has 2 aliphatic heterocycles. The zero-order valence-corrected chi connectivity index (χ0v) is 11.1. The molecule has 18 heavy (non-hydrogen) atoms. The summed E-state index contributed by atoms with van der Waals surface area (Å²) in [5, 5.41) is 8.94. The Morgan fingerprint density at radius 1 is 1.61 bits per heavy atom. The van der Waals surface area contributed by atoms with E-state index in [1.54, 1.807) is 6.20 Å². The number of piperidine rings is 1. The molecule has 2 aliphatic rings. The van der Waals surface area contributed by atoms with Gasteiger partial charge in [0.1, 0.15) is 0 Å². The highest BCUT2D eigenvalue weighted by molar-refractivity contribution is 7.13. The zero-order chi connectivity index (χ0) is 12.4. The molecule has 2 saturated heterocycles. The topological polar surface area (TPSA) is 57.3 Å². The average Bonchev–Trinajstić information content (AvgIpc) is 2.96. The van der Waals surface area contributed by atoms with Crippen LogP contribution in [0.5, 0.6) is 0 Å². The van der Waals surface area contributed by atoms with E-state index < -0.39 is 0 Å². The first kappa shape index (κ1) is 12.1. The predicted molar refractivity (Wildman–Crippen MR) is 71.7 cm³/mol. The van der Waals surface area contributed by atoms with Gasteiger partial charge >= 0.3 is 0 Å². The van der Waals surface area contributed by atoms with Gasteiger partial charge < -0.3 is 10.6 Å². The second kappa shape index (κ2) is 5.34. The van der Waals surface area contributed by atoms with Crippen LogP contribution in [0.1, 0.15) is 12.8 Å². The molecule has 1 aromatic heterocycles. The molecule has 0 radical (unpaired) electrons. The fraction of sp³-hybridized carbons (Fsp3) is 0.667. The summed E-state index contributed by atoms with van der Waals surface area (Å²) in [6, 6.07) is 0.589. The number of nitrogens with zero attached hydrogens (tertiary/aromatic N) is 2. The van der Waals surface area contributed by atoms with Crippen LogP contribution in [-0.2, 0) is 4.79 Å². The maximum absolute atomic E-state index is 11.9. The van der Waals surface area contributed by atoms with Crippen molar-refractivity contribution in [2.24, 2.45) is 5.92 Å². The Kier molecular flexibility index (Phi) is 3.58. The summed E-state index contributed by atoms with van der Waals surface area (Å²) in [4.78, 5) is 18.2. The van der Waals surface area contributed by atoms with Gasteiger partial charge in [-0.1, -0.05) is 0 Å². The van der Waals surface area contributed by atoms with Crippen molar-refractivity contribution in [1.29, 1.82) is 0 Å². The van der Waals surface area contributed by atoms with Gasteiger partial charge in [-0.15, -0.1) is 11.3 Å². The van der Waals surface area contributed by atoms with E-state index in [-0.39, 0.29) is 5.91 Å². The molecule has 98 valence electrons. The third-order valence-electron chi connectivity index (χ3n) is 3.72. The second-order valence-electron chi connectivity index (χ2n) is 5.04. The minimum atomic E-state index is 0.0450. The van der Waals surface area contributed by atoms with E-state index in [1.807, 2.05) is 5.38 Å². The van der Waals surface area contributed by atoms with Crippen LogP contribution in [0.25, 0.3) is 0 Å². The van der Waals surface area contributed by atoms with E-state index in [1.165, 1.54) is 24.2 Å². The minimum absolute atomic E-state index is 0.0450. The summed E-state index contributed by atoms with van der Waals surface area (Å²) in [5.74, 6) is 0.773. The lowest BCUT2D eigenvalue weighted by Gasteiger charge is -2.24. The standard InChI is InChI=1S/C12H18N4OS/c17-11(15-12-14-4-5-18-12)8-16-6-9-2-1-3-13-10(9)7-16/h4-5,9-10,13H,1-3,6-8H2,(H,14,15,17).